The fourth-order valence-electron chi connectivity index (χ4n) is 2.26. The lowest BCUT2D eigenvalue weighted by Gasteiger charge is -2.32. The van der Waals surface area contributed by atoms with Crippen molar-refractivity contribution >= 4 is 29.4 Å². The van der Waals surface area contributed by atoms with E-state index in [9.17, 15) is 9.59 Å². The maximum Gasteiger partial charge on any atom is 0.410 e. The zero-order chi connectivity index (χ0) is 17.0. The molecule has 2 heterocycles. The molecular weight excluding hydrogens is 320 g/mol. The molecule has 8 heteroatoms. The maximum absolute atomic E-state index is 12.2. The van der Waals surface area contributed by atoms with E-state index in [1.807, 2.05) is 20.8 Å². The minimum Gasteiger partial charge on any atom is -0.444 e. The van der Waals surface area contributed by atoms with E-state index in [0.717, 1.165) is 0 Å². The summed E-state index contributed by atoms with van der Waals surface area (Å²) in [5.41, 5.74) is -0.515. The quantitative estimate of drug-likeness (QED) is 0.894. The maximum atomic E-state index is 12.2. The van der Waals surface area contributed by atoms with Crippen molar-refractivity contribution in [3.8, 4) is 0 Å². The Morgan fingerprint density at radius 3 is 2.43 bits per heavy atom. The van der Waals surface area contributed by atoms with Gasteiger partial charge in [0.1, 0.15) is 5.60 Å². The van der Waals surface area contributed by atoms with E-state index in [2.05, 4.69) is 15.5 Å². The minimum atomic E-state index is -0.515. The first-order valence-electron chi connectivity index (χ1n) is 7.52. The molecule has 126 valence electrons. The number of likely N-dealkylation sites (tertiary alicyclic amines) is 1. The second-order valence-corrected chi connectivity index (χ2v) is 6.86. The third kappa shape index (κ3) is 5.35. The van der Waals surface area contributed by atoms with Crippen molar-refractivity contribution in [2.75, 3.05) is 18.4 Å². The molecule has 1 aliphatic heterocycles. The highest BCUT2D eigenvalue weighted by Gasteiger charge is 2.30. The molecule has 1 aromatic rings. The topological polar surface area (TPSA) is 84.4 Å². The van der Waals surface area contributed by atoms with E-state index >= 15 is 0 Å². The number of amides is 2. The number of nitrogens with zero attached hydrogens (tertiary/aromatic N) is 3. The molecule has 0 saturated carbocycles. The summed E-state index contributed by atoms with van der Waals surface area (Å²) in [5, 5.41) is 10.5. The molecule has 2 amide bonds. The van der Waals surface area contributed by atoms with Crippen molar-refractivity contribution in [1.82, 2.24) is 15.1 Å². The number of nitrogens with one attached hydrogen (secondary N) is 1. The Hall–Kier alpha value is -1.89. The molecule has 1 saturated heterocycles. The number of halogens is 1. The van der Waals surface area contributed by atoms with Gasteiger partial charge in [-0.05, 0) is 45.7 Å². The summed E-state index contributed by atoms with van der Waals surface area (Å²) in [6.07, 6.45) is 0.845. The summed E-state index contributed by atoms with van der Waals surface area (Å²) in [5.74, 6) is 0.0885. The van der Waals surface area contributed by atoms with Crippen LogP contribution in [0, 0.1) is 5.92 Å². The first-order chi connectivity index (χ1) is 10.7. The van der Waals surface area contributed by atoms with Gasteiger partial charge in [0.25, 0.3) is 0 Å². The zero-order valence-corrected chi connectivity index (χ0v) is 14.3. The molecule has 1 fully saturated rings. The van der Waals surface area contributed by atoms with Crippen LogP contribution in [0.2, 0.25) is 5.15 Å². The van der Waals surface area contributed by atoms with E-state index in [4.69, 9.17) is 16.3 Å². The number of ether oxygens (including phenoxy) is 1. The highest BCUT2D eigenvalue weighted by Crippen LogP contribution is 2.21. The largest absolute Gasteiger partial charge is 0.444 e. The lowest BCUT2D eigenvalue weighted by molar-refractivity contribution is -0.121. The van der Waals surface area contributed by atoms with E-state index in [1.165, 1.54) is 0 Å². The minimum absolute atomic E-state index is 0.120. The fourth-order valence-corrected chi connectivity index (χ4v) is 2.36. The summed E-state index contributed by atoms with van der Waals surface area (Å²) < 4.78 is 5.34. The van der Waals surface area contributed by atoms with Crippen molar-refractivity contribution in [3.05, 3.63) is 17.3 Å². The summed E-state index contributed by atoms with van der Waals surface area (Å²) in [7, 11) is 0. The van der Waals surface area contributed by atoms with Crippen LogP contribution in [0.3, 0.4) is 0 Å². The highest BCUT2D eigenvalue weighted by atomic mass is 35.5. The Morgan fingerprint density at radius 2 is 1.91 bits per heavy atom. The van der Waals surface area contributed by atoms with Crippen LogP contribution in [-0.2, 0) is 9.53 Å². The zero-order valence-electron chi connectivity index (χ0n) is 13.5. The van der Waals surface area contributed by atoms with Gasteiger partial charge in [-0.25, -0.2) is 4.79 Å². The molecule has 0 aliphatic carbocycles. The van der Waals surface area contributed by atoms with Gasteiger partial charge in [-0.15, -0.1) is 10.2 Å². The third-order valence-electron chi connectivity index (χ3n) is 3.40. The van der Waals surface area contributed by atoms with E-state index in [-0.39, 0.29) is 23.1 Å². The van der Waals surface area contributed by atoms with Crippen LogP contribution in [0.15, 0.2) is 12.1 Å². The monoisotopic (exact) mass is 340 g/mol. The van der Waals surface area contributed by atoms with Crippen molar-refractivity contribution in [3.63, 3.8) is 0 Å². The van der Waals surface area contributed by atoms with Crippen LogP contribution in [0.4, 0.5) is 10.6 Å². The number of carbonyl (C=O) groups excluding carboxylic acids is 2. The Kier molecular flexibility index (Phi) is 5.41. The number of piperidine rings is 1. The van der Waals surface area contributed by atoms with Gasteiger partial charge >= 0.3 is 6.09 Å². The first-order valence-corrected chi connectivity index (χ1v) is 7.90. The summed E-state index contributed by atoms with van der Waals surface area (Å²) >= 11 is 5.65. The van der Waals surface area contributed by atoms with Crippen molar-refractivity contribution < 1.29 is 14.3 Å². The van der Waals surface area contributed by atoms with Gasteiger partial charge in [-0.1, -0.05) is 11.6 Å². The van der Waals surface area contributed by atoms with E-state index < -0.39 is 5.60 Å². The van der Waals surface area contributed by atoms with Crippen LogP contribution in [0.5, 0.6) is 0 Å². The Labute approximate surface area is 140 Å². The standard InChI is InChI=1S/C15H21ClN4O3/c1-15(2,3)23-14(22)20-8-6-10(7-9-20)13(21)17-12-5-4-11(16)18-19-12/h4-5,10H,6-9H2,1-3H3,(H,17,19,21). The van der Waals surface area contributed by atoms with Crippen molar-refractivity contribution in [2.24, 2.45) is 5.92 Å². The molecule has 0 unspecified atom stereocenters. The Bertz CT molecular complexity index is 563. The number of aromatic nitrogens is 2. The Balaban J connectivity index is 1.83. The van der Waals surface area contributed by atoms with Gasteiger partial charge in [-0.2, -0.15) is 0 Å². The number of anilines is 1. The van der Waals surface area contributed by atoms with E-state index in [0.29, 0.717) is 31.7 Å². The molecule has 1 N–H and O–H groups in total. The predicted octanol–water partition coefficient (Wildman–Crippen LogP) is 2.72. The second-order valence-electron chi connectivity index (χ2n) is 6.47. The number of rotatable bonds is 2. The first kappa shape index (κ1) is 17.5. The van der Waals surface area contributed by atoms with Crippen LogP contribution < -0.4 is 5.32 Å². The normalized spacial score (nSPS) is 16.1. The summed E-state index contributed by atoms with van der Waals surface area (Å²) in [4.78, 5) is 25.8. The average Bonchev–Trinajstić information content (AvgIpc) is 2.48. The van der Waals surface area contributed by atoms with Gasteiger partial charge in [0.15, 0.2) is 11.0 Å². The molecule has 0 atom stereocenters. The SMILES string of the molecule is CC(C)(C)OC(=O)N1CCC(C(=O)Nc2ccc(Cl)nn2)CC1. The molecule has 23 heavy (non-hydrogen) atoms. The lowest BCUT2D eigenvalue weighted by atomic mass is 9.96. The molecule has 0 spiro atoms. The molecule has 0 aromatic carbocycles. The van der Waals surface area contributed by atoms with Gasteiger partial charge in [-0.3, -0.25) is 4.79 Å². The molecule has 0 radical (unpaired) electrons. The highest BCUT2D eigenvalue weighted by molar-refractivity contribution is 6.29. The van der Waals surface area contributed by atoms with E-state index in [1.54, 1.807) is 17.0 Å². The molecule has 7 nitrogen and oxygen atoms in total. The number of hydrogen-bond donors (Lipinski definition) is 1. The van der Waals surface area contributed by atoms with Crippen LogP contribution in [-0.4, -0.2) is 45.8 Å². The van der Waals surface area contributed by atoms with Gasteiger partial charge in [0.05, 0.1) is 0 Å². The molecule has 0 bridgehead atoms. The lowest BCUT2D eigenvalue weighted by Crippen LogP contribution is -2.43. The smallest absolute Gasteiger partial charge is 0.410 e. The number of hydrogen-bond acceptors (Lipinski definition) is 5. The van der Waals surface area contributed by atoms with Crippen LogP contribution in [0.25, 0.3) is 0 Å². The average molecular weight is 341 g/mol. The van der Waals surface area contributed by atoms with Crippen molar-refractivity contribution in [1.29, 1.82) is 0 Å². The molecule has 2 rings (SSSR count). The molecule has 1 aliphatic rings. The van der Waals surface area contributed by atoms with Crippen LogP contribution >= 0.6 is 11.6 Å². The molecular formula is C15H21ClN4O3. The second kappa shape index (κ2) is 7.12. The molecule has 1 aromatic heterocycles. The van der Waals surface area contributed by atoms with Gasteiger partial charge < -0.3 is 15.0 Å². The van der Waals surface area contributed by atoms with Gasteiger partial charge in [0.2, 0.25) is 5.91 Å². The third-order valence-corrected chi connectivity index (χ3v) is 3.60. The van der Waals surface area contributed by atoms with Gasteiger partial charge in [0, 0.05) is 19.0 Å². The summed E-state index contributed by atoms with van der Waals surface area (Å²) in [6, 6.07) is 3.17. The fraction of sp³-hybridized carbons (Fsp3) is 0.600. The van der Waals surface area contributed by atoms with Crippen molar-refractivity contribution in [2.45, 2.75) is 39.2 Å². The predicted molar refractivity (Wildman–Crippen MR) is 86.2 cm³/mol. The Morgan fingerprint density at radius 1 is 1.26 bits per heavy atom. The number of carbonyl (C=O) groups is 2. The van der Waals surface area contributed by atoms with Crippen LogP contribution in [0.1, 0.15) is 33.6 Å². The summed E-state index contributed by atoms with van der Waals surface area (Å²) in [6.45, 7) is 6.49.